The smallest absolute Gasteiger partial charge is 0.407 e. The minimum Gasteiger partial charge on any atom is -0.438 e. The van der Waals surface area contributed by atoms with Crippen molar-refractivity contribution in [2.75, 3.05) is 19.6 Å². The second-order valence-electron chi connectivity index (χ2n) is 10.9. The molecule has 14 nitrogen and oxygen atoms in total. The third-order valence-corrected chi connectivity index (χ3v) is 8.46. The number of nitrogens with zero attached hydrogens (tertiary/aromatic N) is 3. The van der Waals surface area contributed by atoms with Crippen LogP contribution in [0.1, 0.15) is 29.9 Å². The van der Waals surface area contributed by atoms with E-state index in [1.54, 1.807) is 0 Å². The van der Waals surface area contributed by atoms with Gasteiger partial charge in [0, 0.05) is 25.3 Å². The molecule has 2 aromatic carbocycles. The highest BCUT2D eigenvalue weighted by molar-refractivity contribution is 6.02. The molecule has 4 heterocycles. The van der Waals surface area contributed by atoms with Crippen molar-refractivity contribution in [1.82, 2.24) is 20.4 Å². The lowest BCUT2D eigenvalue weighted by Crippen LogP contribution is -2.90. The molecule has 6 rings (SSSR count). The predicted molar refractivity (Wildman–Crippen MR) is 148 cm³/mol. The van der Waals surface area contributed by atoms with Crippen LogP contribution in [0.25, 0.3) is 0 Å². The lowest BCUT2D eigenvalue weighted by Gasteiger charge is -2.46. The SMILES string of the molecule is NC1=N[C@@H](CN2C(=O)CCC2=O)[C@@H]2[NH+]=C(N)N[C@]23N1C[C@H](OC(=O)NCC(c1ccccc1)c1ccccc1)C3(O)O. The topological polar surface area (TPSA) is 210 Å². The summed E-state index contributed by atoms with van der Waals surface area (Å²) < 4.78 is 5.59. The Morgan fingerprint density at radius 2 is 1.67 bits per heavy atom. The summed E-state index contributed by atoms with van der Waals surface area (Å²) in [5.41, 5.74) is 12.5. The average Bonchev–Trinajstić information content (AvgIpc) is 3.57. The zero-order chi connectivity index (χ0) is 29.6. The largest absolute Gasteiger partial charge is 0.438 e. The van der Waals surface area contributed by atoms with E-state index in [1.807, 2.05) is 60.7 Å². The Hall–Kier alpha value is -4.69. The van der Waals surface area contributed by atoms with Crippen LogP contribution in [0, 0.1) is 0 Å². The van der Waals surface area contributed by atoms with Crippen molar-refractivity contribution in [2.24, 2.45) is 16.5 Å². The monoisotopic (exact) mass is 577 g/mol. The van der Waals surface area contributed by atoms with Gasteiger partial charge in [0.1, 0.15) is 6.04 Å². The number of likely N-dealkylation sites (tertiary alicyclic amines) is 1. The number of imide groups is 1. The molecular weight excluding hydrogens is 544 g/mol. The first-order valence-electron chi connectivity index (χ1n) is 13.7. The molecule has 0 radical (unpaired) electrons. The van der Waals surface area contributed by atoms with Crippen molar-refractivity contribution < 1.29 is 34.3 Å². The van der Waals surface area contributed by atoms with Crippen LogP contribution in [0.5, 0.6) is 0 Å². The molecule has 0 aromatic heterocycles. The van der Waals surface area contributed by atoms with Gasteiger partial charge in [-0.25, -0.2) is 15.1 Å². The Labute approximate surface area is 241 Å². The molecule has 4 aliphatic heterocycles. The second kappa shape index (κ2) is 10.3. The number of rotatable bonds is 7. The summed E-state index contributed by atoms with van der Waals surface area (Å²) in [5, 5.41) is 28.8. The van der Waals surface area contributed by atoms with Gasteiger partial charge >= 0.3 is 12.1 Å². The van der Waals surface area contributed by atoms with Gasteiger partial charge in [0.15, 0.2) is 18.1 Å². The summed E-state index contributed by atoms with van der Waals surface area (Å²) in [5.74, 6) is -3.68. The van der Waals surface area contributed by atoms with Crippen molar-refractivity contribution in [2.45, 2.75) is 48.4 Å². The Bertz CT molecular complexity index is 1400. The van der Waals surface area contributed by atoms with Crippen LogP contribution < -0.4 is 27.1 Å². The number of carbonyl (C=O) groups excluding carboxylic acids is 3. The number of aliphatic imine (C=N–C) groups is 1. The molecular formula is C28H33N8O6+. The number of alkyl carbamates (subject to hydrolysis) is 1. The molecule has 220 valence electrons. The van der Waals surface area contributed by atoms with E-state index in [9.17, 15) is 24.6 Å². The van der Waals surface area contributed by atoms with Crippen LogP contribution in [0.3, 0.4) is 0 Å². The summed E-state index contributed by atoms with van der Waals surface area (Å²) in [6.07, 6.45) is -2.15. The molecule has 9 N–H and O–H groups in total. The van der Waals surface area contributed by atoms with Crippen molar-refractivity contribution >= 4 is 29.8 Å². The summed E-state index contributed by atoms with van der Waals surface area (Å²) in [4.78, 5) is 47.6. The first-order valence-corrected chi connectivity index (χ1v) is 13.7. The highest BCUT2D eigenvalue weighted by Crippen LogP contribution is 2.42. The molecule has 42 heavy (non-hydrogen) atoms. The van der Waals surface area contributed by atoms with Crippen molar-refractivity contribution in [1.29, 1.82) is 0 Å². The number of ether oxygens (including phenoxy) is 1. The first kappa shape index (κ1) is 27.5. The van der Waals surface area contributed by atoms with E-state index in [2.05, 4.69) is 20.6 Å². The van der Waals surface area contributed by atoms with Gasteiger partial charge in [0.2, 0.25) is 11.8 Å². The van der Waals surface area contributed by atoms with E-state index in [1.165, 1.54) is 4.90 Å². The Balaban J connectivity index is 1.20. The minimum atomic E-state index is -2.72. The van der Waals surface area contributed by atoms with Crippen molar-refractivity contribution in [3.05, 3.63) is 71.8 Å². The molecule has 4 atom stereocenters. The van der Waals surface area contributed by atoms with Gasteiger partial charge in [-0.2, -0.15) is 0 Å². The minimum absolute atomic E-state index is 0.00474. The maximum absolute atomic E-state index is 13.1. The normalized spacial score (nSPS) is 27.7. The lowest BCUT2D eigenvalue weighted by atomic mass is 9.85. The lowest BCUT2D eigenvalue weighted by molar-refractivity contribution is -0.522. The van der Waals surface area contributed by atoms with Crippen LogP contribution in [-0.4, -0.2) is 99.1 Å². The second-order valence-corrected chi connectivity index (χ2v) is 10.9. The van der Waals surface area contributed by atoms with Crippen LogP contribution in [0.15, 0.2) is 65.7 Å². The Kier molecular flexibility index (Phi) is 6.74. The van der Waals surface area contributed by atoms with Crippen molar-refractivity contribution in [3.8, 4) is 0 Å². The third-order valence-electron chi connectivity index (χ3n) is 8.46. The fourth-order valence-corrected chi connectivity index (χ4v) is 6.43. The van der Waals surface area contributed by atoms with Gasteiger partial charge in [0.05, 0.1) is 13.1 Å². The van der Waals surface area contributed by atoms with Crippen LogP contribution in [0.4, 0.5) is 4.79 Å². The zero-order valence-corrected chi connectivity index (χ0v) is 22.6. The molecule has 4 aliphatic rings. The average molecular weight is 578 g/mol. The predicted octanol–water partition coefficient (Wildman–Crippen LogP) is -3.18. The molecule has 0 unspecified atom stereocenters. The third kappa shape index (κ3) is 4.39. The van der Waals surface area contributed by atoms with Crippen LogP contribution in [0.2, 0.25) is 0 Å². The fraction of sp³-hybridized carbons (Fsp3) is 0.393. The van der Waals surface area contributed by atoms with Gasteiger partial charge < -0.3 is 26.0 Å². The number of hydrogen-bond donors (Lipinski definition) is 7. The zero-order valence-electron chi connectivity index (χ0n) is 22.6. The summed E-state index contributed by atoms with van der Waals surface area (Å²) >= 11 is 0. The summed E-state index contributed by atoms with van der Waals surface area (Å²) in [6.45, 7) is -0.169. The fourth-order valence-electron chi connectivity index (χ4n) is 6.43. The number of nitrogens with one attached hydrogen (secondary N) is 3. The van der Waals surface area contributed by atoms with E-state index in [0.29, 0.717) is 0 Å². The van der Waals surface area contributed by atoms with Crippen LogP contribution in [-0.2, 0) is 14.3 Å². The molecule has 2 fully saturated rings. The van der Waals surface area contributed by atoms with Crippen LogP contribution >= 0.6 is 0 Å². The molecule has 0 bridgehead atoms. The molecule has 1 spiro atoms. The molecule has 3 amide bonds. The quantitative estimate of drug-likeness (QED) is 0.130. The Morgan fingerprint density at radius 1 is 1.07 bits per heavy atom. The molecule has 2 saturated heterocycles. The van der Waals surface area contributed by atoms with E-state index in [-0.39, 0.29) is 62.1 Å². The van der Waals surface area contributed by atoms with Gasteiger partial charge in [-0.15, -0.1) is 0 Å². The molecule has 2 aromatic rings. The Morgan fingerprint density at radius 3 is 2.26 bits per heavy atom. The summed E-state index contributed by atoms with van der Waals surface area (Å²) in [6, 6.07) is 17.5. The summed E-state index contributed by atoms with van der Waals surface area (Å²) in [7, 11) is 0. The first-order chi connectivity index (χ1) is 20.1. The van der Waals surface area contributed by atoms with E-state index in [0.717, 1.165) is 16.0 Å². The van der Waals surface area contributed by atoms with Gasteiger partial charge in [-0.1, -0.05) is 60.7 Å². The number of carbonyl (C=O) groups is 3. The van der Waals surface area contributed by atoms with Gasteiger partial charge in [0.25, 0.3) is 11.4 Å². The number of amides is 3. The number of guanidine groups is 2. The maximum atomic E-state index is 13.1. The van der Waals surface area contributed by atoms with E-state index < -0.39 is 35.7 Å². The maximum Gasteiger partial charge on any atom is 0.407 e. The molecule has 0 saturated carbocycles. The van der Waals surface area contributed by atoms with E-state index in [4.69, 9.17) is 16.2 Å². The van der Waals surface area contributed by atoms with Gasteiger partial charge in [-0.3, -0.25) is 30.1 Å². The van der Waals surface area contributed by atoms with E-state index >= 15 is 0 Å². The van der Waals surface area contributed by atoms with Gasteiger partial charge in [-0.05, 0) is 11.1 Å². The van der Waals surface area contributed by atoms with Crippen molar-refractivity contribution in [3.63, 3.8) is 0 Å². The highest BCUT2D eigenvalue weighted by atomic mass is 16.6. The number of benzene rings is 2. The molecule has 14 heteroatoms. The number of nitrogens with two attached hydrogens (primary N) is 2. The number of hydrogen-bond acceptors (Lipinski definition) is 11. The molecule has 0 aliphatic carbocycles. The standard InChI is InChI=1S/C28H32N8O6/c29-24-33-23-19(14-35-21(37)11-12-22(35)38)32-25(30)36-15-20(28(40,41)27(23,36)34-24)42-26(39)31-13-18(16-7-3-1-4-8-16)17-9-5-2-6-10-17/h1-10,18-20,23,40-41H,11-15H2,(H2,30,32)(H,31,39)(H3,29,33,34)/p+1/t19-,20-,23-,27-/m0/s1. The number of aliphatic hydroxyl groups is 2. The highest BCUT2D eigenvalue weighted by Gasteiger charge is 2.77.